The van der Waals surface area contributed by atoms with Crippen molar-refractivity contribution in [3.8, 4) is 0 Å². The summed E-state index contributed by atoms with van der Waals surface area (Å²) >= 11 is 0. The Hall–Kier alpha value is -1.97. The van der Waals surface area contributed by atoms with Gasteiger partial charge in [-0.05, 0) is 58.7 Å². The lowest BCUT2D eigenvalue weighted by atomic mass is 10.2. The first kappa shape index (κ1) is 29.3. The lowest BCUT2D eigenvalue weighted by molar-refractivity contribution is -0.156. The van der Waals surface area contributed by atoms with Crippen LogP contribution < -0.4 is 5.32 Å². The van der Waals surface area contributed by atoms with Crippen molar-refractivity contribution >= 4 is 44.4 Å². The van der Waals surface area contributed by atoms with E-state index >= 15 is 0 Å². The quantitative estimate of drug-likeness (QED) is 0.289. The third-order valence-corrected chi connectivity index (χ3v) is 7.98. The summed E-state index contributed by atoms with van der Waals surface area (Å²) in [5.41, 5.74) is 0.656. The molecule has 2 atom stereocenters. The summed E-state index contributed by atoms with van der Waals surface area (Å²) in [6, 6.07) is 16.7. The van der Waals surface area contributed by atoms with Gasteiger partial charge in [-0.25, -0.2) is 9.59 Å². The van der Waals surface area contributed by atoms with E-state index in [1.165, 1.54) is 21.6 Å². The molecule has 0 saturated heterocycles. The zero-order chi connectivity index (χ0) is 26.1. The van der Waals surface area contributed by atoms with E-state index in [-0.39, 0.29) is 5.75 Å². The molecule has 0 bridgehead atoms. The van der Waals surface area contributed by atoms with Crippen molar-refractivity contribution in [3.63, 3.8) is 0 Å². The number of hydrogen-bond acceptors (Lipinski definition) is 7. The second-order valence-electron chi connectivity index (χ2n) is 9.92. The number of rotatable bonds is 10. The lowest BCUT2D eigenvalue weighted by Crippen LogP contribution is -2.47. The smallest absolute Gasteiger partial charge is 0.408 e. The zero-order valence-corrected chi connectivity index (χ0v) is 23.6. The molecule has 1 unspecified atom stereocenters. The molecule has 0 saturated carbocycles. The summed E-state index contributed by atoms with van der Waals surface area (Å²) in [6.45, 7) is 10.6. The van der Waals surface area contributed by atoms with Gasteiger partial charge in [-0.1, -0.05) is 70.1 Å². The number of carbonyl (C=O) groups is 2. The first-order valence-corrected chi connectivity index (χ1v) is 15.1. The monoisotopic (exact) mass is 537 g/mol. The van der Waals surface area contributed by atoms with E-state index in [0.29, 0.717) is 11.5 Å². The van der Waals surface area contributed by atoms with E-state index in [0.717, 1.165) is 16.0 Å². The Morgan fingerprint density at radius 3 is 2.11 bits per heavy atom. The molecule has 2 aromatic rings. The number of carbonyl (C=O) groups excluding carboxylic acids is 2. The first-order valence-electron chi connectivity index (χ1n) is 11.3. The van der Waals surface area contributed by atoms with E-state index < -0.39 is 40.1 Å². The zero-order valence-electron chi connectivity index (χ0n) is 21.2. The molecule has 2 rings (SSSR count). The molecule has 1 amide bonds. The minimum Gasteiger partial charge on any atom is -0.458 e. The Morgan fingerprint density at radius 2 is 1.49 bits per heavy atom. The molecule has 2 aromatic carbocycles. The first-order chi connectivity index (χ1) is 16.3. The van der Waals surface area contributed by atoms with Gasteiger partial charge in [0.15, 0.2) is 0 Å². The van der Waals surface area contributed by atoms with Crippen LogP contribution in [0.4, 0.5) is 4.79 Å². The molecule has 0 aliphatic carbocycles. The Balaban J connectivity index is 2.02. The van der Waals surface area contributed by atoms with Crippen LogP contribution in [0.5, 0.6) is 0 Å². The van der Waals surface area contributed by atoms with Crippen LogP contribution in [-0.4, -0.2) is 39.3 Å². The average molecular weight is 538 g/mol. The van der Waals surface area contributed by atoms with Crippen molar-refractivity contribution in [1.29, 1.82) is 0 Å². The summed E-state index contributed by atoms with van der Waals surface area (Å²) in [6.07, 6.45) is -0.671. The Bertz CT molecular complexity index is 1000. The highest BCUT2D eigenvalue weighted by atomic mass is 33.1. The van der Waals surface area contributed by atoms with Crippen molar-refractivity contribution in [3.05, 3.63) is 65.7 Å². The van der Waals surface area contributed by atoms with Crippen molar-refractivity contribution in [1.82, 2.24) is 5.32 Å². The maximum Gasteiger partial charge on any atom is 0.408 e. The van der Waals surface area contributed by atoms with Gasteiger partial charge in [0, 0.05) is 33.0 Å². The highest BCUT2D eigenvalue weighted by molar-refractivity contribution is 8.76. The highest BCUT2D eigenvalue weighted by Crippen LogP contribution is 2.35. The Morgan fingerprint density at radius 1 is 0.886 bits per heavy atom. The fraction of sp³-hybridized carbons (Fsp3) is 0.462. The molecule has 0 radical (unpaired) electrons. The Labute approximate surface area is 219 Å². The largest absolute Gasteiger partial charge is 0.458 e. The van der Waals surface area contributed by atoms with Gasteiger partial charge in [0.1, 0.15) is 17.2 Å². The van der Waals surface area contributed by atoms with Crippen LogP contribution >= 0.6 is 21.6 Å². The summed E-state index contributed by atoms with van der Waals surface area (Å²) in [5, 5.41) is 2.64. The van der Waals surface area contributed by atoms with E-state index in [4.69, 9.17) is 9.47 Å². The SMILES string of the molecule is CC(C)(C)OC(=O)N[C@@H](CSSc1ccccc1CS(=O)Cc1ccccc1)C(=O)OC(C)(C)C. The maximum atomic E-state index is 12.7. The summed E-state index contributed by atoms with van der Waals surface area (Å²) < 4.78 is 23.6. The van der Waals surface area contributed by atoms with Crippen molar-refractivity contribution in [2.75, 3.05) is 5.75 Å². The van der Waals surface area contributed by atoms with Gasteiger partial charge in [-0.3, -0.25) is 4.21 Å². The van der Waals surface area contributed by atoms with Crippen molar-refractivity contribution in [2.24, 2.45) is 0 Å². The number of alkyl carbamates (subject to hydrolysis) is 1. The van der Waals surface area contributed by atoms with Gasteiger partial charge in [0.05, 0.1) is 0 Å². The van der Waals surface area contributed by atoms with Crippen LogP contribution in [0.25, 0.3) is 0 Å². The number of nitrogens with one attached hydrogen (secondary N) is 1. The molecular weight excluding hydrogens is 502 g/mol. The summed E-state index contributed by atoms with van der Waals surface area (Å²) in [7, 11) is 1.85. The fourth-order valence-electron chi connectivity index (χ4n) is 2.85. The summed E-state index contributed by atoms with van der Waals surface area (Å²) in [5.74, 6) is 0.687. The number of benzene rings is 2. The van der Waals surface area contributed by atoms with Crippen molar-refractivity contribution in [2.45, 2.75) is 75.2 Å². The second kappa shape index (κ2) is 13.4. The molecular formula is C26H35NO5S3. The second-order valence-corrected chi connectivity index (χ2v) is 13.8. The normalized spacial score (nSPS) is 13.5. The molecule has 0 heterocycles. The fourth-order valence-corrected chi connectivity index (χ4v) is 6.62. The van der Waals surface area contributed by atoms with Crippen LogP contribution in [-0.2, 0) is 36.6 Å². The van der Waals surface area contributed by atoms with Gasteiger partial charge in [0.25, 0.3) is 0 Å². The summed E-state index contributed by atoms with van der Waals surface area (Å²) in [4.78, 5) is 26.0. The molecule has 1 N–H and O–H groups in total. The number of ether oxygens (including phenoxy) is 2. The molecule has 35 heavy (non-hydrogen) atoms. The van der Waals surface area contributed by atoms with Crippen LogP contribution in [0.15, 0.2) is 59.5 Å². The molecule has 0 aromatic heterocycles. The molecule has 0 fully saturated rings. The minimum atomic E-state index is -1.05. The molecule has 0 aliphatic rings. The van der Waals surface area contributed by atoms with Crippen molar-refractivity contribution < 1.29 is 23.3 Å². The number of hydrogen-bond donors (Lipinski definition) is 1. The van der Waals surface area contributed by atoms with Crippen LogP contribution in [0.2, 0.25) is 0 Å². The number of esters is 1. The molecule has 0 spiro atoms. The number of amides is 1. The topological polar surface area (TPSA) is 81.7 Å². The lowest BCUT2D eigenvalue weighted by Gasteiger charge is -2.26. The van der Waals surface area contributed by atoms with Crippen LogP contribution in [0.3, 0.4) is 0 Å². The predicted octanol–water partition coefficient (Wildman–Crippen LogP) is 6.11. The average Bonchev–Trinajstić information content (AvgIpc) is 2.72. The van der Waals surface area contributed by atoms with Gasteiger partial charge in [-0.15, -0.1) is 0 Å². The molecule has 6 nitrogen and oxygen atoms in total. The van der Waals surface area contributed by atoms with Gasteiger partial charge >= 0.3 is 12.1 Å². The standard InChI is InChI=1S/C26H35NO5S3/c1-25(2,3)31-23(28)21(27-24(29)32-26(4,5)6)16-33-34-22-15-11-10-14-20(22)18-35(30)17-19-12-8-7-9-13-19/h7-15,21H,16-18H2,1-6H3,(H,27,29)/t21-,35?/m0/s1. The molecule has 9 heteroatoms. The van der Waals surface area contributed by atoms with E-state index in [1.807, 2.05) is 54.6 Å². The van der Waals surface area contributed by atoms with E-state index in [9.17, 15) is 13.8 Å². The van der Waals surface area contributed by atoms with E-state index in [2.05, 4.69) is 5.32 Å². The van der Waals surface area contributed by atoms with Gasteiger partial charge in [-0.2, -0.15) is 0 Å². The Kier molecular flexibility index (Phi) is 11.2. The van der Waals surface area contributed by atoms with Gasteiger partial charge in [0.2, 0.25) is 0 Å². The maximum absolute atomic E-state index is 12.7. The predicted molar refractivity (Wildman–Crippen MR) is 146 cm³/mol. The van der Waals surface area contributed by atoms with Crippen LogP contribution in [0.1, 0.15) is 52.7 Å². The third kappa shape index (κ3) is 12.0. The van der Waals surface area contributed by atoms with E-state index in [1.54, 1.807) is 41.5 Å². The highest BCUT2D eigenvalue weighted by Gasteiger charge is 2.29. The molecule has 192 valence electrons. The van der Waals surface area contributed by atoms with Crippen LogP contribution in [0, 0.1) is 0 Å². The van der Waals surface area contributed by atoms with Gasteiger partial charge < -0.3 is 14.8 Å². The third-order valence-electron chi connectivity index (χ3n) is 4.23. The molecule has 0 aliphatic heterocycles. The minimum absolute atomic E-state index is 0.278.